The highest BCUT2D eigenvalue weighted by Gasteiger charge is 2.21. The van der Waals surface area contributed by atoms with Gasteiger partial charge in [0.15, 0.2) is 0 Å². The van der Waals surface area contributed by atoms with Crippen LogP contribution in [0.15, 0.2) is 30.6 Å². The van der Waals surface area contributed by atoms with Gasteiger partial charge in [-0.1, -0.05) is 37.6 Å². The van der Waals surface area contributed by atoms with Crippen LogP contribution in [-0.4, -0.2) is 58.7 Å². The van der Waals surface area contributed by atoms with E-state index in [1.54, 1.807) is 0 Å². The zero-order valence-electron chi connectivity index (χ0n) is 15.6. The van der Waals surface area contributed by atoms with Gasteiger partial charge in [0.05, 0.1) is 12.6 Å². The number of rotatable bonds is 7. The maximum Gasteiger partial charge on any atom is 0.234 e. The summed E-state index contributed by atoms with van der Waals surface area (Å²) >= 11 is 0. The molecule has 2 aromatic rings. The van der Waals surface area contributed by atoms with Gasteiger partial charge < -0.3 is 10.2 Å². The molecule has 0 unspecified atom stereocenters. The van der Waals surface area contributed by atoms with Crippen LogP contribution in [0.5, 0.6) is 0 Å². The molecule has 3 rings (SSSR count). The van der Waals surface area contributed by atoms with E-state index in [1.807, 2.05) is 6.92 Å². The number of H-pyrrole nitrogens is 1. The van der Waals surface area contributed by atoms with E-state index in [9.17, 15) is 4.79 Å². The molecule has 140 valence electrons. The third-order valence-electron chi connectivity index (χ3n) is 4.84. The summed E-state index contributed by atoms with van der Waals surface area (Å²) in [5, 5.41) is 9.88. The summed E-state index contributed by atoms with van der Waals surface area (Å²) in [5.41, 5.74) is 2.49. The number of carbonyl (C=O) groups is 1. The highest BCUT2D eigenvalue weighted by Crippen LogP contribution is 2.15. The van der Waals surface area contributed by atoms with Crippen molar-refractivity contribution in [3.05, 3.63) is 41.7 Å². The van der Waals surface area contributed by atoms with Gasteiger partial charge in [-0.3, -0.25) is 9.69 Å². The van der Waals surface area contributed by atoms with Crippen LogP contribution in [0.1, 0.15) is 37.4 Å². The minimum Gasteiger partial charge on any atom is -0.348 e. The molecule has 1 aliphatic rings. The zero-order chi connectivity index (χ0) is 18.4. The first kappa shape index (κ1) is 18.4. The second kappa shape index (κ2) is 8.80. The van der Waals surface area contributed by atoms with Gasteiger partial charge in [-0.15, -0.1) is 0 Å². The number of nitrogens with one attached hydrogen (secondary N) is 2. The number of hydrogen-bond acceptors (Lipinski definition) is 5. The molecule has 1 aliphatic heterocycles. The second-order valence-corrected chi connectivity index (χ2v) is 6.85. The van der Waals surface area contributed by atoms with Gasteiger partial charge in [0.2, 0.25) is 11.9 Å². The van der Waals surface area contributed by atoms with Crippen LogP contribution in [0.3, 0.4) is 0 Å². The van der Waals surface area contributed by atoms with Crippen LogP contribution in [0.2, 0.25) is 0 Å². The fraction of sp³-hybridized carbons (Fsp3) is 0.526. The van der Waals surface area contributed by atoms with E-state index in [4.69, 9.17) is 0 Å². The average Bonchev–Trinajstić information content (AvgIpc) is 3.18. The lowest BCUT2D eigenvalue weighted by Gasteiger charge is -2.34. The molecular weight excluding hydrogens is 328 g/mol. The van der Waals surface area contributed by atoms with Crippen molar-refractivity contribution in [2.45, 2.75) is 32.7 Å². The third kappa shape index (κ3) is 4.82. The highest BCUT2D eigenvalue weighted by molar-refractivity contribution is 5.78. The molecule has 7 nitrogen and oxygen atoms in total. The predicted octanol–water partition coefficient (Wildman–Crippen LogP) is 1.76. The van der Waals surface area contributed by atoms with Crippen LogP contribution >= 0.6 is 0 Å². The van der Waals surface area contributed by atoms with Crippen LogP contribution in [0.4, 0.5) is 5.95 Å². The molecule has 26 heavy (non-hydrogen) atoms. The van der Waals surface area contributed by atoms with E-state index in [1.165, 1.54) is 11.9 Å². The molecule has 0 bridgehead atoms. The van der Waals surface area contributed by atoms with Crippen molar-refractivity contribution in [2.24, 2.45) is 0 Å². The lowest BCUT2D eigenvalue weighted by atomic mass is 10.0. The second-order valence-electron chi connectivity index (χ2n) is 6.85. The standard InChI is InChI=1S/C19H28N6O/c1-3-4-16-5-7-17(8-6-16)15(2)22-18(26)13-24-9-11-25(12-10-24)19-20-14-21-23-19/h5-8,14-15H,3-4,9-13H2,1-2H3,(H,22,26)(H,20,21,23)/t15-/m0/s1. The molecule has 0 saturated carbocycles. The largest absolute Gasteiger partial charge is 0.348 e. The Balaban J connectivity index is 1.43. The topological polar surface area (TPSA) is 77.2 Å². The number of benzene rings is 1. The minimum absolute atomic E-state index is 0.0219. The molecule has 1 amide bonds. The van der Waals surface area contributed by atoms with Crippen LogP contribution < -0.4 is 10.2 Å². The summed E-state index contributed by atoms with van der Waals surface area (Å²) in [6.45, 7) is 8.02. The van der Waals surface area contributed by atoms with Gasteiger partial charge >= 0.3 is 0 Å². The maximum absolute atomic E-state index is 12.4. The number of aromatic amines is 1. The summed E-state index contributed by atoms with van der Waals surface area (Å²) in [4.78, 5) is 20.9. The number of nitrogens with zero attached hydrogens (tertiary/aromatic N) is 4. The van der Waals surface area contributed by atoms with Gasteiger partial charge in [-0.05, 0) is 24.5 Å². The van der Waals surface area contributed by atoms with Crippen LogP contribution in [0.25, 0.3) is 0 Å². The smallest absolute Gasteiger partial charge is 0.234 e. The van der Waals surface area contributed by atoms with Crippen molar-refractivity contribution in [3.8, 4) is 0 Å². The highest BCUT2D eigenvalue weighted by atomic mass is 16.2. The lowest BCUT2D eigenvalue weighted by Crippen LogP contribution is -2.50. The van der Waals surface area contributed by atoms with Crippen molar-refractivity contribution in [3.63, 3.8) is 0 Å². The quantitative estimate of drug-likeness (QED) is 0.790. The van der Waals surface area contributed by atoms with Gasteiger partial charge in [-0.25, -0.2) is 5.10 Å². The minimum atomic E-state index is 0.0219. The summed E-state index contributed by atoms with van der Waals surface area (Å²) in [5.74, 6) is 0.873. The normalized spacial score (nSPS) is 16.5. The van der Waals surface area contributed by atoms with Crippen molar-refractivity contribution in [2.75, 3.05) is 37.6 Å². The summed E-state index contributed by atoms with van der Waals surface area (Å²) in [6.07, 6.45) is 3.77. The van der Waals surface area contributed by atoms with Crippen LogP contribution in [0, 0.1) is 0 Å². The number of hydrogen-bond donors (Lipinski definition) is 2. The first-order valence-electron chi connectivity index (χ1n) is 9.36. The number of anilines is 1. The zero-order valence-corrected chi connectivity index (χ0v) is 15.6. The monoisotopic (exact) mass is 356 g/mol. The Bertz CT molecular complexity index is 677. The Morgan fingerprint density at radius 2 is 1.96 bits per heavy atom. The fourth-order valence-corrected chi connectivity index (χ4v) is 3.30. The molecule has 1 fully saturated rings. The summed E-state index contributed by atoms with van der Waals surface area (Å²) in [6, 6.07) is 8.57. The SMILES string of the molecule is CCCc1ccc([C@H](C)NC(=O)CN2CCN(c3ncn[nH]3)CC2)cc1. The Morgan fingerprint density at radius 3 is 2.58 bits per heavy atom. The van der Waals surface area contributed by atoms with Crippen molar-refractivity contribution >= 4 is 11.9 Å². The molecule has 2 N–H and O–H groups in total. The number of aromatic nitrogens is 3. The number of aryl methyl sites for hydroxylation is 1. The third-order valence-corrected chi connectivity index (χ3v) is 4.84. The number of piperazine rings is 1. The molecule has 1 aromatic carbocycles. The Kier molecular flexibility index (Phi) is 6.22. The van der Waals surface area contributed by atoms with E-state index in [0.29, 0.717) is 6.54 Å². The predicted molar refractivity (Wildman–Crippen MR) is 102 cm³/mol. The maximum atomic E-state index is 12.4. The van der Waals surface area contributed by atoms with Crippen molar-refractivity contribution in [1.29, 1.82) is 0 Å². The fourth-order valence-electron chi connectivity index (χ4n) is 3.30. The molecule has 0 spiro atoms. The molecule has 1 atom stereocenters. The molecule has 7 heteroatoms. The number of carbonyl (C=O) groups excluding carboxylic acids is 1. The first-order chi connectivity index (χ1) is 12.7. The summed E-state index contributed by atoms with van der Waals surface area (Å²) in [7, 11) is 0. The molecule has 0 radical (unpaired) electrons. The van der Waals surface area contributed by atoms with E-state index < -0.39 is 0 Å². The molecule has 2 heterocycles. The van der Waals surface area contributed by atoms with Gasteiger partial charge in [-0.2, -0.15) is 10.1 Å². The average molecular weight is 356 g/mol. The van der Waals surface area contributed by atoms with Crippen molar-refractivity contribution in [1.82, 2.24) is 25.4 Å². The number of amides is 1. The molecule has 1 aromatic heterocycles. The summed E-state index contributed by atoms with van der Waals surface area (Å²) < 4.78 is 0. The Morgan fingerprint density at radius 1 is 1.23 bits per heavy atom. The molecule has 0 aliphatic carbocycles. The van der Waals surface area contributed by atoms with Gasteiger partial charge in [0.1, 0.15) is 6.33 Å². The van der Waals surface area contributed by atoms with E-state index in [-0.39, 0.29) is 11.9 Å². The molecular formula is C19H28N6O. The molecule has 1 saturated heterocycles. The Hall–Kier alpha value is -2.41. The van der Waals surface area contributed by atoms with Crippen molar-refractivity contribution < 1.29 is 4.79 Å². The van der Waals surface area contributed by atoms with Gasteiger partial charge in [0.25, 0.3) is 0 Å². The van der Waals surface area contributed by atoms with Crippen LogP contribution in [-0.2, 0) is 11.2 Å². The van der Waals surface area contributed by atoms with E-state index in [2.05, 4.69) is 61.5 Å². The lowest BCUT2D eigenvalue weighted by molar-refractivity contribution is -0.123. The van der Waals surface area contributed by atoms with E-state index >= 15 is 0 Å². The van der Waals surface area contributed by atoms with Gasteiger partial charge in [0, 0.05) is 26.2 Å². The Labute approximate surface area is 154 Å². The van der Waals surface area contributed by atoms with E-state index in [0.717, 1.165) is 50.5 Å². The first-order valence-corrected chi connectivity index (χ1v) is 9.36.